The smallest absolute Gasteiger partial charge is 0.410 e. The topological polar surface area (TPSA) is 66.8 Å². The van der Waals surface area contributed by atoms with Gasteiger partial charge in [0.1, 0.15) is 5.60 Å². The van der Waals surface area contributed by atoms with Crippen LogP contribution in [0.4, 0.5) is 4.79 Å². The molecule has 120 valence electrons. The van der Waals surface area contributed by atoms with Crippen LogP contribution in [0.3, 0.4) is 0 Å². The number of hydrogen-bond donors (Lipinski definition) is 1. The minimum absolute atomic E-state index is 0.0730. The zero-order valence-corrected chi connectivity index (χ0v) is 13.3. The first kappa shape index (κ1) is 16.3. The molecule has 5 heteroatoms. The van der Waals surface area contributed by atoms with Crippen LogP contribution in [0.5, 0.6) is 0 Å². The number of carboxylic acid groups (broad SMARTS) is 1. The second kappa shape index (κ2) is 6.38. The molecule has 5 nitrogen and oxygen atoms in total. The van der Waals surface area contributed by atoms with Crippen LogP contribution in [0, 0.1) is 5.92 Å². The summed E-state index contributed by atoms with van der Waals surface area (Å²) in [7, 11) is 0. The van der Waals surface area contributed by atoms with Crippen molar-refractivity contribution in [3.8, 4) is 0 Å². The van der Waals surface area contributed by atoms with Gasteiger partial charge in [-0.15, -0.1) is 0 Å². The summed E-state index contributed by atoms with van der Waals surface area (Å²) in [6, 6.07) is 9.59. The van der Waals surface area contributed by atoms with Gasteiger partial charge < -0.3 is 14.7 Å². The van der Waals surface area contributed by atoms with Crippen LogP contribution < -0.4 is 0 Å². The number of carboxylic acids is 1. The molecule has 0 aromatic heterocycles. The Morgan fingerprint density at radius 3 is 2.32 bits per heavy atom. The molecule has 22 heavy (non-hydrogen) atoms. The fraction of sp³-hybridized carbons (Fsp3) is 0.529. The summed E-state index contributed by atoms with van der Waals surface area (Å²) >= 11 is 0. The van der Waals surface area contributed by atoms with Gasteiger partial charge in [0.25, 0.3) is 0 Å². The average Bonchev–Trinajstić information content (AvgIpc) is 2.34. The largest absolute Gasteiger partial charge is 0.481 e. The van der Waals surface area contributed by atoms with E-state index in [1.807, 2.05) is 51.1 Å². The van der Waals surface area contributed by atoms with Gasteiger partial charge in [-0.1, -0.05) is 30.3 Å². The molecule has 1 aromatic carbocycles. The Balaban J connectivity index is 2.08. The second-order valence-electron chi connectivity index (χ2n) is 6.75. The highest BCUT2D eigenvalue weighted by Gasteiger charge is 2.41. The summed E-state index contributed by atoms with van der Waals surface area (Å²) < 4.78 is 5.46. The molecular formula is C17H23NO4. The molecule has 0 heterocycles. The van der Waals surface area contributed by atoms with Crippen molar-refractivity contribution in [2.24, 2.45) is 5.92 Å². The molecule has 0 radical (unpaired) electrons. The number of nitrogens with zero attached hydrogens (tertiary/aromatic N) is 1. The Hall–Kier alpha value is -2.04. The maximum absolute atomic E-state index is 12.4. The SMILES string of the molecule is CC(C)(C)OC(=O)N(Cc1ccccc1)C1CC(C(=O)O)C1. The highest BCUT2D eigenvalue weighted by atomic mass is 16.6. The summed E-state index contributed by atoms with van der Waals surface area (Å²) in [6.07, 6.45) is 0.591. The van der Waals surface area contributed by atoms with E-state index in [2.05, 4.69) is 0 Å². The molecule has 0 atom stereocenters. The molecular weight excluding hydrogens is 282 g/mol. The maximum atomic E-state index is 12.4. The van der Waals surface area contributed by atoms with Crippen molar-refractivity contribution in [2.75, 3.05) is 0 Å². The van der Waals surface area contributed by atoms with Gasteiger partial charge in [0.15, 0.2) is 0 Å². The van der Waals surface area contributed by atoms with Crippen molar-refractivity contribution in [1.82, 2.24) is 4.90 Å². The Labute approximate surface area is 130 Å². The van der Waals surface area contributed by atoms with E-state index in [9.17, 15) is 9.59 Å². The standard InChI is InChI=1S/C17H23NO4/c1-17(2,3)22-16(21)18(11-12-7-5-4-6-8-12)14-9-13(10-14)15(19)20/h4-8,13-14H,9-11H2,1-3H3,(H,19,20). The van der Waals surface area contributed by atoms with Gasteiger partial charge in [-0.05, 0) is 39.2 Å². The van der Waals surface area contributed by atoms with Crippen LogP contribution in [0.2, 0.25) is 0 Å². The fourth-order valence-corrected chi connectivity index (χ4v) is 2.49. The maximum Gasteiger partial charge on any atom is 0.410 e. The number of aliphatic carboxylic acids is 1. The number of amides is 1. The van der Waals surface area contributed by atoms with Crippen LogP contribution in [-0.4, -0.2) is 33.7 Å². The summed E-state index contributed by atoms with van der Waals surface area (Å²) in [4.78, 5) is 25.1. The zero-order chi connectivity index (χ0) is 16.3. The van der Waals surface area contributed by atoms with Gasteiger partial charge in [0.05, 0.1) is 5.92 Å². The predicted molar refractivity (Wildman–Crippen MR) is 82.4 cm³/mol. The first-order chi connectivity index (χ1) is 10.3. The molecule has 1 saturated carbocycles. The van der Waals surface area contributed by atoms with Crippen molar-refractivity contribution in [3.63, 3.8) is 0 Å². The first-order valence-electron chi connectivity index (χ1n) is 7.52. The number of rotatable bonds is 4. The van der Waals surface area contributed by atoms with Gasteiger partial charge in [-0.3, -0.25) is 4.79 Å². The second-order valence-corrected chi connectivity index (χ2v) is 6.75. The van der Waals surface area contributed by atoms with E-state index in [-0.39, 0.29) is 18.1 Å². The van der Waals surface area contributed by atoms with E-state index in [0.29, 0.717) is 19.4 Å². The Morgan fingerprint density at radius 1 is 1.23 bits per heavy atom. The lowest BCUT2D eigenvalue weighted by Crippen LogP contribution is -2.50. The summed E-state index contributed by atoms with van der Waals surface area (Å²) in [5, 5.41) is 9.01. The van der Waals surface area contributed by atoms with Crippen molar-refractivity contribution in [1.29, 1.82) is 0 Å². The third-order valence-electron chi connectivity index (χ3n) is 3.73. The van der Waals surface area contributed by atoms with E-state index < -0.39 is 11.6 Å². The average molecular weight is 305 g/mol. The molecule has 1 aliphatic rings. The quantitative estimate of drug-likeness (QED) is 0.927. The van der Waals surface area contributed by atoms with Gasteiger partial charge in [0.2, 0.25) is 0 Å². The van der Waals surface area contributed by atoms with E-state index >= 15 is 0 Å². The molecule has 2 rings (SSSR count). The van der Waals surface area contributed by atoms with Crippen LogP contribution in [0.1, 0.15) is 39.2 Å². The highest BCUT2D eigenvalue weighted by molar-refractivity contribution is 5.73. The molecule has 1 amide bonds. The summed E-state index contributed by atoms with van der Waals surface area (Å²) in [5.41, 5.74) is 0.439. The fourth-order valence-electron chi connectivity index (χ4n) is 2.49. The number of benzene rings is 1. The Morgan fingerprint density at radius 2 is 1.82 bits per heavy atom. The molecule has 0 spiro atoms. The zero-order valence-electron chi connectivity index (χ0n) is 13.3. The van der Waals surface area contributed by atoms with Crippen LogP contribution in [-0.2, 0) is 16.1 Å². The van der Waals surface area contributed by atoms with Crippen LogP contribution in [0.25, 0.3) is 0 Å². The molecule has 0 saturated heterocycles. The Kier molecular flexibility index (Phi) is 4.74. The van der Waals surface area contributed by atoms with Gasteiger partial charge in [-0.2, -0.15) is 0 Å². The van der Waals surface area contributed by atoms with Crippen molar-refractivity contribution in [2.45, 2.75) is 51.8 Å². The molecule has 1 aromatic rings. The van der Waals surface area contributed by atoms with Crippen molar-refractivity contribution in [3.05, 3.63) is 35.9 Å². The van der Waals surface area contributed by atoms with Crippen molar-refractivity contribution >= 4 is 12.1 Å². The summed E-state index contributed by atoms with van der Waals surface area (Å²) in [6.45, 7) is 5.91. The van der Waals surface area contributed by atoms with E-state index in [1.165, 1.54) is 0 Å². The Bertz CT molecular complexity index is 529. The lowest BCUT2D eigenvalue weighted by atomic mass is 9.79. The molecule has 1 fully saturated rings. The number of carbonyl (C=O) groups excluding carboxylic acids is 1. The minimum atomic E-state index is -0.792. The van der Waals surface area contributed by atoms with Crippen LogP contribution in [0.15, 0.2) is 30.3 Å². The molecule has 0 unspecified atom stereocenters. The van der Waals surface area contributed by atoms with E-state index in [0.717, 1.165) is 5.56 Å². The highest BCUT2D eigenvalue weighted by Crippen LogP contribution is 2.33. The lowest BCUT2D eigenvalue weighted by molar-refractivity contribution is -0.147. The third-order valence-corrected chi connectivity index (χ3v) is 3.73. The normalized spacial score (nSPS) is 20.9. The molecule has 0 aliphatic heterocycles. The van der Waals surface area contributed by atoms with E-state index in [1.54, 1.807) is 4.90 Å². The number of hydrogen-bond acceptors (Lipinski definition) is 3. The molecule has 1 aliphatic carbocycles. The minimum Gasteiger partial charge on any atom is -0.481 e. The van der Waals surface area contributed by atoms with Crippen molar-refractivity contribution < 1.29 is 19.4 Å². The molecule has 1 N–H and O–H groups in total. The monoisotopic (exact) mass is 305 g/mol. The third kappa shape index (κ3) is 4.23. The van der Waals surface area contributed by atoms with E-state index in [4.69, 9.17) is 9.84 Å². The summed E-state index contributed by atoms with van der Waals surface area (Å²) in [5.74, 6) is -1.15. The lowest BCUT2D eigenvalue weighted by Gasteiger charge is -2.41. The predicted octanol–water partition coefficient (Wildman–Crippen LogP) is 3.29. The first-order valence-corrected chi connectivity index (χ1v) is 7.52. The van der Waals surface area contributed by atoms with Gasteiger partial charge in [-0.25, -0.2) is 4.79 Å². The number of ether oxygens (including phenoxy) is 1. The van der Waals surface area contributed by atoms with Gasteiger partial charge in [0, 0.05) is 12.6 Å². The number of carbonyl (C=O) groups is 2. The van der Waals surface area contributed by atoms with Gasteiger partial charge >= 0.3 is 12.1 Å². The molecule has 0 bridgehead atoms. The van der Waals surface area contributed by atoms with Crippen LogP contribution >= 0.6 is 0 Å².